The van der Waals surface area contributed by atoms with E-state index in [9.17, 15) is 14.7 Å². The fourth-order valence-electron chi connectivity index (χ4n) is 1.54. The number of fused-ring (bicyclic) bond motifs is 1. The molecule has 3 N–H and O–H groups in total. The third kappa shape index (κ3) is 1.25. The third-order valence-corrected chi connectivity index (χ3v) is 2.43. The minimum atomic E-state index is -0.703. The van der Waals surface area contributed by atoms with Gasteiger partial charge in [0.2, 0.25) is 11.6 Å². The van der Waals surface area contributed by atoms with Gasteiger partial charge in [-0.25, -0.2) is 0 Å². The van der Waals surface area contributed by atoms with Crippen LogP contribution in [0.4, 0.5) is 0 Å². The molecule has 0 saturated heterocycles. The first-order valence-corrected chi connectivity index (χ1v) is 4.52. The average molecular weight is 219 g/mol. The molecule has 1 aliphatic carbocycles. The Morgan fingerprint density at radius 1 is 1.19 bits per heavy atom. The van der Waals surface area contributed by atoms with Gasteiger partial charge in [0.15, 0.2) is 5.76 Å². The molecule has 0 aromatic heterocycles. The minimum absolute atomic E-state index is 0.107. The van der Waals surface area contributed by atoms with Crippen LogP contribution in [0.25, 0.3) is 0 Å². The van der Waals surface area contributed by atoms with E-state index in [-0.39, 0.29) is 11.1 Å². The lowest BCUT2D eigenvalue weighted by Gasteiger charge is -2.15. The Morgan fingerprint density at radius 3 is 2.50 bits per heavy atom. The summed E-state index contributed by atoms with van der Waals surface area (Å²) in [7, 11) is 1.45. The molecule has 2 rings (SSSR count). The van der Waals surface area contributed by atoms with E-state index in [1.54, 1.807) is 6.07 Å². The fraction of sp³-hybridized carbons (Fsp3) is 0.0909. The maximum atomic E-state index is 11.6. The number of carbonyl (C=O) groups is 2. The van der Waals surface area contributed by atoms with Gasteiger partial charge in [-0.3, -0.25) is 9.59 Å². The van der Waals surface area contributed by atoms with Crippen LogP contribution in [-0.4, -0.2) is 23.8 Å². The van der Waals surface area contributed by atoms with E-state index >= 15 is 0 Å². The number of nitrogens with two attached hydrogens (primary N) is 1. The van der Waals surface area contributed by atoms with E-state index in [4.69, 9.17) is 10.5 Å². The van der Waals surface area contributed by atoms with Gasteiger partial charge in [-0.05, 0) is 18.2 Å². The highest BCUT2D eigenvalue weighted by Gasteiger charge is 2.30. The molecule has 0 aliphatic heterocycles. The Labute approximate surface area is 91.1 Å². The zero-order valence-electron chi connectivity index (χ0n) is 8.48. The molecule has 1 aliphatic rings. The Morgan fingerprint density at radius 2 is 1.88 bits per heavy atom. The van der Waals surface area contributed by atoms with Crippen LogP contribution in [0.1, 0.15) is 20.7 Å². The van der Waals surface area contributed by atoms with Crippen LogP contribution >= 0.6 is 0 Å². The SMILES string of the molecule is COc1ccc2c(c1)C(=O)C(O)=C(N)C2=O. The lowest BCUT2D eigenvalue weighted by Crippen LogP contribution is -2.26. The van der Waals surface area contributed by atoms with Crippen LogP contribution in [0.2, 0.25) is 0 Å². The van der Waals surface area contributed by atoms with Crippen molar-refractivity contribution in [3.8, 4) is 5.75 Å². The zero-order chi connectivity index (χ0) is 11.9. The van der Waals surface area contributed by atoms with Crippen molar-refractivity contribution >= 4 is 11.6 Å². The van der Waals surface area contributed by atoms with Crippen LogP contribution in [0.15, 0.2) is 29.7 Å². The van der Waals surface area contributed by atoms with Gasteiger partial charge in [0.1, 0.15) is 11.4 Å². The van der Waals surface area contributed by atoms with Crippen LogP contribution < -0.4 is 10.5 Å². The van der Waals surface area contributed by atoms with Gasteiger partial charge in [0, 0.05) is 11.1 Å². The summed E-state index contributed by atoms with van der Waals surface area (Å²) in [6.45, 7) is 0. The van der Waals surface area contributed by atoms with Gasteiger partial charge in [0.25, 0.3) is 0 Å². The van der Waals surface area contributed by atoms with Crippen molar-refractivity contribution in [3.63, 3.8) is 0 Å². The number of aliphatic hydroxyl groups is 1. The third-order valence-electron chi connectivity index (χ3n) is 2.43. The molecule has 5 heteroatoms. The second kappa shape index (κ2) is 3.37. The molecule has 16 heavy (non-hydrogen) atoms. The molecule has 0 atom stereocenters. The van der Waals surface area contributed by atoms with Crippen LogP contribution in [0, 0.1) is 0 Å². The highest BCUT2D eigenvalue weighted by atomic mass is 16.5. The molecule has 0 fully saturated rings. The summed E-state index contributed by atoms with van der Waals surface area (Å²) in [6.07, 6.45) is 0. The molecule has 0 radical (unpaired) electrons. The monoisotopic (exact) mass is 219 g/mol. The van der Waals surface area contributed by atoms with Crippen molar-refractivity contribution in [2.45, 2.75) is 0 Å². The van der Waals surface area contributed by atoms with Gasteiger partial charge in [0.05, 0.1) is 7.11 Å². The quantitative estimate of drug-likeness (QED) is 0.729. The molecule has 0 bridgehead atoms. The standard InChI is InChI=1S/C11H9NO4/c1-16-5-2-3-6-7(4-5)10(14)11(15)8(12)9(6)13/h2-4,15H,12H2,1H3. The molecule has 0 saturated carbocycles. The summed E-state index contributed by atoms with van der Waals surface area (Å²) in [4.78, 5) is 23.3. The first kappa shape index (κ1) is 10.2. The van der Waals surface area contributed by atoms with E-state index in [1.807, 2.05) is 0 Å². The van der Waals surface area contributed by atoms with Gasteiger partial charge in [-0.15, -0.1) is 0 Å². The first-order valence-electron chi connectivity index (χ1n) is 4.52. The summed E-state index contributed by atoms with van der Waals surface area (Å²) >= 11 is 0. The van der Waals surface area contributed by atoms with E-state index in [0.717, 1.165) is 0 Å². The normalized spacial score (nSPS) is 15.1. The fourth-order valence-corrected chi connectivity index (χ4v) is 1.54. The summed E-state index contributed by atoms with van der Waals surface area (Å²) in [5, 5.41) is 9.37. The highest BCUT2D eigenvalue weighted by Crippen LogP contribution is 2.26. The maximum Gasteiger partial charge on any atom is 0.230 e. The molecular formula is C11H9NO4. The van der Waals surface area contributed by atoms with Crippen molar-refractivity contribution in [1.82, 2.24) is 0 Å². The number of ketones is 2. The average Bonchev–Trinajstić information content (AvgIpc) is 2.33. The molecule has 82 valence electrons. The number of carbonyl (C=O) groups excluding carboxylic acids is 2. The summed E-state index contributed by atoms with van der Waals surface area (Å²) in [6, 6.07) is 4.41. The van der Waals surface area contributed by atoms with E-state index in [2.05, 4.69) is 0 Å². The van der Waals surface area contributed by atoms with Gasteiger partial charge in [-0.2, -0.15) is 0 Å². The predicted molar refractivity (Wildman–Crippen MR) is 55.5 cm³/mol. The van der Waals surface area contributed by atoms with Crippen LogP contribution in [0.5, 0.6) is 5.75 Å². The smallest absolute Gasteiger partial charge is 0.230 e. The van der Waals surface area contributed by atoms with Crippen LogP contribution in [0.3, 0.4) is 0 Å². The van der Waals surface area contributed by atoms with Crippen molar-refractivity contribution in [2.75, 3.05) is 7.11 Å². The van der Waals surface area contributed by atoms with Gasteiger partial charge < -0.3 is 15.6 Å². The van der Waals surface area contributed by atoms with Gasteiger partial charge >= 0.3 is 0 Å². The van der Waals surface area contributed by atoms with E-state index < -0.39 is 23.0 Å². The molecule has 0 spiro atoms. The number of aliphatic hydroxyl groups excluding tert-OH is 1. The molecule has 0 heterocycles. The number of hydrogen-bond acceptors (Lipinski definition) is 5. The van der Waals surface area contributed by atoms with E-state index in [1.165, 1.54) is 19.2 Å². The summed E-state index contributed by atoms with van der Waals surface area (Å²) in [5.41, 5.74) is 5.20. The van der Waals surface area contributed by atoms with Crippen molar-refractivity contribution in [1.29, 1.82) is 0 Å². The van der Waals surface area contributed by atoms with Crippen LogP contribution in [-0.2, 0) is 0 Å². The predicted octanol–water partition coefficient (Wildman–Crippen LogP) is 0.802. The molecule has 0 amide bonds. The number of benzene rings is 1. The van der Waals surface area contributed by atoms with Crippen molar-refractivity contribution < 1.29 is 19.4 Å². The summed E-state index contributed by atoms with van der Waals surface area (Å²) < 4.78 is 4.93. The Kier molecular flexibility index (Phi) is 2.16. The first-order chi connectivity index (χ1) is 7.56. The molecule has 1 aromatic carbocycles. The molecule has 0 unspecified atom stereocenters. The lowest BCUT2D eigenvalue weighted by molar-refractivity contribution is 0.0928. The molecular weight excluding hydrogens is 210 g/mol. The number of Topliss-reactive ketones (excluding diaryl/α,β-unsaturated/α-hetero) is 2. The molecule has 1 aromatic rings. The zero-order valence-corrected chi connectivity index (χ0v) is 8.48. The number of ether oxygens (including phenoxy) is 1. The summed E-state index contributed by atoms with van der Waals surface area (Å²) in [5.74, 6) is -1.47. The number of methoxy groups -OCH3 is 1. The molecule has 5 nitrogen and oxygen atoms in total. The Bertz CT molecular complexity index is 531. The largest absolute Gasteiger partial charge is 0.503 e. The van der Waals surface area contributed by atoms with E-state index in [0.29, 0.717) is 5.75 Å². The minimum Gasteiger partial charge on any atom is -0.503 e. The Balaban J connectivity index is 2.67. The van der Waals surface area contributed by atoms with Gasteiger partial charge in [-0.1, -0.05) is 0 Å². The highest BCUT2D eigenvalue weighted by molar-refractivity contribution is 6.25. The maximum absolute atomic E-state index is 11.6. The second-order valence-electron chi connectivity index (χ2n) is 3.33. The second-order valence-corrected chi connectivity index (χ2v) is 3.33. The number of hydrogen-bond donors (Lipinski definition) is 2. The lowest BCUT2D eigenvalue weighted by atomic mass is 9.91. The number of rotatable bonds is 1. The van der Waals surface area contributed by atoms with Crippen molar-refractivity contribution in [2.24, 2.45) is 5.73 Å². The van der Waals surface area contributed by atoms with Crippen molar-refractivity contribution in [3.05, 3.63) is 40.8 Å². The Hall–Kier alpha value is -2.30. The number of allylic oxidation sites excluding steroid dienone is 2. The topological polar surface area (TPSA) is 89.6 Å².